The molecule has 0 spiro atoms. The summed E-state index contributed by atoms with van der Waals surface area (Å²) in [5.41, 5.74) is 0. The van der Waals surface area contributed by atoms with E-state index in [0.29, 0.717) is 0 Å². The van der Waals surface area contributed by atoms with Gasteiger partial charge in [-0.1, -0.05) is 0 Å². The van der Waals surface area contributed by atoms with Gasteiger partial charge in [0, 0.05) is 18.1 Å². The molecular weight excluding hydrogens is 148 g/mol. The Balaban J connectivity index is 1.88. The summed E-state index contributed by atoms with van der Waals surface area (Å²) >= 11 is 0. The minimum atomic E-state index is 0.874. The first-order valence-electron chi connectivity index (χ1n) is 5.31. The molecule has 68 valence electrons. The number of nitrogens with one attached hydrogen (secondary N) is 1. The molecule has 3 aliphatic rings. The van der Waals surface area contributed by atoms with Crippen LogP contribution in [0.25, 0.3) is 0 Å². The Morgan fingerprint density at radius 2 is 2.17 bits per heavy atom. The highest BCUT2D eigenvalue weighted by Gasteiger charge is 2.46. The highest BCUT2D eigenvalue weighted by atomic mass is 15.2. The summed E-state index contributed by atoms with van der Waals surface area (Å²) in [6.07, 6.45) is 5.75. The normalized spacial score (nSPS) is 52.8. The van der Waals surface area contributed by atoms with Gasteiger partial charge in [0.05, 0.1) is 0 Å². The van der Waals surface area contributed by atoms with Crippen molar-refractivity contribution in [1.29, 1.82) is 0 Å². The summed E-state index contributed by atoms with van der Waals surface area (Å²) in [6.45, 7) is 1.27. The molecule has 2 bridgehead atoms. The van der Waals surface area contributed by atoms with Gasteiger partial charge in [0.25, 0.3) is 0 Å². The molecule has 2 heteroatoms. The Morgan fingerprint density at radius 3 is 3.08 bits per heavy atom. The van der Waals surface area contributed by atoms with Crippen molar-refractivity contribution in [1.82, 2.24) is 10.2 Å². The van der Waals surface area contributed by atoms with E-state index in [-0.39, 0.29) is 0 Å². The van der Waals surface area contributed by atoms with Gasteiger partial charge in [-0.3, -0.25) is 0 Å². The molecule has 3 aliphatic heterocycles. The Morgan fingerprint density at radius 1 is 1.25 bits per heavy atom. The Bertz CT molecular complexity index is 192. The first-order valence-corrected chi connectivity index (χ1v) is 5.31. The highest BCUT2D eigenvalue weighted by molar-refractivity contribution is 5.03. The molecule has 3 rings (SSSR count). The smallest absolute Gasteiger partial charge is 0.0139 e. The van der Waals surface area contributed by atoms with E-state index in [1.165, 1.54) is 32.2 Å². The first-order chi connectivity index (χ1) is 5.86. The van der Waals surface area contributed by atoms with Crippen LogP contribution in [0.1, 0.15) is 25.7 Å². The van der Waals surface area contributed by atoms with Crippen LogP contribution in [-0.2, 0) is 0 Å². The number of hydrogen-bond acceptors (Lipinski definition) is 2. The van der Waals surface area contributed by atoms with Gasteiger partial charge < -0.3 is 10.2 Å². The second kappa shape index (κ2) is 2.46. The molecule has 0 aliphatic carbocycles. The van der Waals surface area contributed by atoms with Crippen molar-refractivity contribution in [3.05, 3.63) is 0 Å². The minimum absolute atomic E-state index is 0.874. The predicted octanol–water partition coefficient (Wildman–Crippen LogP) is 0.831. The molecule has 0 saturated carbocycles. The summed E-state index contributed by atoms with van der Waals surface area (Å²) in [5.74, 6) is 0.980. The number of rotatable bonds is 0. The van der Waals surface area contributed by atoms with E-state index in [1.54, 1.807) is 0 Å². The van der Waals surface area contributed by atoms with Crippen molar-refractivity contribution in [2.75, 3.05) is 13.6 Å². The predicted molar refractivity (Wildman–Crippen MR) is 49.1 cm³/mol. The summed E-state index contributed by atoms with van der Waals surface area (Å²) in [7, 11) is 2.33. The molecule has 4 atom stereocenters. The molecule has 3 saturated heterocycles. The van der Waals surface area contributed by atoms with Crippen molar-refractivity contribution in [2.24, 2.45) is 5.92 Å². The van der Waals surface area contributed by atoms with Gasteiger partial charge in [-0.15, -0.1) is 0 Å². The maximum Gasteiger partial charge on any atom is 0.0139 e. The molecule has 0 aromatic heterocycles. The van der Waals surface area contributed by atoms with Gasteiger partial charge in [-0.05, 0) is 45.2 Å². The molecule has 12 heavy (non-hydrogen) atoms. The molecule has 0 amide bonds. The lowest BCUT2D eigenvalue weighted by molar-refractivity contribution is 0.110. The second-order valence-electron chi connectivity index (χ2n) is 4.71. The molecule has 3 fully saturated rings. The third-order valence-electron chi connectivity index (χ3n) is 4.32. The van der Waals surface area contributed by atoms with E-state index in [2.05, 4.69) is 17.3 Å². The summed E-state index contributed by atoms with van der Waals surface area (Å²) in [4.78, 5) is 2.65. The van der Waals surface area contributed by atoms with Crippen LogP contribution in [0, 0.1) is 5.92 Å². The van der Waals surface area contributed by atoms with E-state index in [0.717, 1.165) is 24.0 Å². The molecule has 1 N–H and O–H groups in total. The van der Waals surface area contributed by atoms with E-state index in [9.17, 15) is 0 Å². The van der Waals surface area contributed by atoms with Crippen molar-refractivity contribution < 1.29 is 0 Å². The monoisotopic (exact) mass is 166 g/mol. The summed E-state index contributed by atoms with van der Waals surface area (Å²) in [6, 6.07) is 2.70. The summed E-state index contributed by atoms with van der Waals surface area (Å²) < 4.78 is 0. The lowest BCUT2D eigenvalue weighted by atomic mass is 9.87. The van der Waals surface area contributed by atoms with Crippen molar-refractivity contribution >= 4 is 0 Å². The highest BCUT2D eigenvalue weighted by Crippen LogP contribution is 2.41. The fraction of sp³-hybridized carbons (Fsp3) is 1.00. The zero-order valence-electron chi connectivity index (χ0n) is 7.79. The van der Waals surface area contributed by atoms with Gasteiger partial charge in [0.1, 0.15) is 0 Å². The van der Waals surface area contributed by atoms with Crippen LogP contribution in [0.15, 0.2) is 0 Å². The average Bonchev–Trinajstić information content (AvgIpc) is 2.59. The molecule has 2 nitrogen and oxygen atoms in total. The minimum Gasteiger partial charge on any atom is -0.314 e. The SMILES string of the molecule is CN1C2CCC1C1CCNC1C2. The molecule has 0 radical (unpaired) electrons. The van der Waals surface area contributed by atoms with E-state index in [4.69, 9.17) is 0 Å². The third kappa shape index (κ3) is 0.826. The van der Waals surface area contributed by atoms with Gasteiger partial charge in [0.15, 0.2) is 0 Å². The van der Waals surface area contributed by atoms with Crippen LogP contribution in [0.2, 0.25) is 0 Å². The molecule has 0 aromatic rings. The lowest BCUT2D eigenvalue weighted by Crippen LogP contribution is -2.49. The van der Waals surface area contributed by atoms with Crippen LogP contribution in [0.3, 0.4) is 0 Å². The Labute approximate surface area is 74.3 Å². The Kier molecular flexibility index (Phi) is 1.50. The quantitative estimate of drug-likeness (QED) is 0.573. The van der Waals surface area contributed by atoms with Crippen molar-refractivity contribution in [3.8, 4) is 0 Å². The molecule has 3 heterocycles. The molecule has 4 unspecified atom stereocenters. The van der Waals surface area contributed by atoms with Gasteiger partial charge in [-0.2, -0.15) is 0 Å². The van der Waals surface area contributed by atoms with Crippen LogP contribution in [0.5, 0.6) is 0 Å². The van der Waals surface area contributed by atoms with Crippen LogP contribution >= 0.6 is 0 Å². The zero-order valence-corrected chi connectivity index (χ0v) is 7.79. The van der Waals surface area contributed by atoms with E-state index < -0.39 is 0 Å². The van der Waals surface area contributed by atoms with Crippen molar-refractivity contribution in [2.45, 2.75) is 43.8 Å². The molecular formula is C10H18N2. The number of fused-ring (bicyclic) bond motifs is 4. The fourth-order valence-corrected chi connectivity index (χ4v) is 3.64. The fourth-order valence-electron chi connectivity index (χ4n) is 3.64. The zero-order chi connectivity index (χ0) is 8.13. The van der Waals surface area contributed by atoms with Gasteiger partial charge >= 0.3 is 0 Å². The van der Waals surface area contributed by atoms with E-state index in [1.807, 2.05) is 0 Å². The van der Waals surface area contributed by atoms with Crippen LogP contribution in [0.4, 0.5) is 0 Å². The number of piperidine rings is 1. The average molecular weight is 166 g/mol. The standard InChI is InChI=1S/C10H18N2/c1-12-7-2-3-10(12)8-4-5-11-9(8)6-7/h7-11H,2-6H2,1H3. The van der Waals surface area contributed by atoms with E-state index >= 15 is 0 Å². The van der Waals surface area contributed by atoms with Gasteiger partial charge in [-0.25, -0.2) is 0 Å². The van der Waals surface area contributed by atoms with Gasteiger partial charge in [0.2, 0.25) is 0 Å². The first kappa shape index (κ1) is 7.34. The summed E-state index contributed by atoms with van der Waals surface area (Å²) in [5, 5.41) is 3.65. The second-order valence-corrected chi connectivity index (χ2v) is 4.71. The molecule has 0 aromatic carbocycles. The number of hydrogen-bond donors (Lipinski definition) is 1. The maximum absolute atomic E-state index is 3.65. The topological polar surface area (TPSA) is 15.3 Å². The Hall–Kier alpha value is -0.0800. The van der Waals surface area contributed by atoms with Crippen LogP contribution in [-0.4, -0.2) is 36.6 Å². The van der Waals surface area contributed by atoms with Crippen molar-refractivity contribution in [3.63, 3.8) is 0 Å². The lowest BCUT2D eigenvalue weighted by Gasteiger charge is -2.39. The van der Waals surface area contributed by atoms with Crippen LogP contribution < -0.4 is 5.32 Å². The largest absolute Gasteiger partial charge is 0.314 e. The maximum atomic E-state index is 3.65. The third-order valence-corrected chi connectivity index (χ3v) is 4.32. The number of nitrogens with zero attached hydrogens (tertiary/aromatic N) is 1.